The average Bonchev–Trinajstić information content (AvgIpc) is 2.63. The van der Waals surface area contributed by atoms with Crippen LogP contribution in [-0.4, -0.2) is 12.4 Å². The molecule has 0 aliphatic carbocycles. The molecule has 0 spiro atoms. The van der Waals surface area contributed by atoms with Crippen LogP contribution in [0.15, 0.2) is 78.9 Å². The molecule has 0 aromatic heterocycles. The molecule has 0 saturated carbocycles. The first-order chi connectivity index (χ1) is 11.8. The molecular weight excluding hydrogens is 296 g/mol. The maximum atomic E-state index is 12.5. The fourth-order valence-electron chi connectivity index (χ4n) is 2.78. The normalized spacial score (nSPS) is 10.5. The van der Waals surface area contributed by atoms with Crippen molar-refractivity contribution in [1.82, 2.24) is 0 Å². The highest BCUT2D eigenvalue weighted by atomic mass is 16.5. The van der Waals surface area contributed by atoms with Gasteiger partial charge < -0.3 is 4.74 Å². The molecular formula is C22H20O2. The largest absolute Gasteiger partial charge is 0.369 e. The van der Waals surface area contributed by atoms with Crippen molar-refractivity contribution in [3.63, 3.8) is 0 Å². The molecule has 0 bridgehead atoms. The first kappa shape index (κ1) is 16.2. The molecule has 3 rings (SSSR count). The third-order valence-corrected chi connectivity index (χ3v) is 4.06. The van der Waals surface area contributed by atoms with E-state index in [1.807, 2.05) is 73.7 Å². The van der Waals surface area contributed by atoms with Crippen LogP contribution in [0.1, 0.15) is 21.5 Å². The van der Waals surface area contributed by atoms with Crippen molar-refractivity contribution < 1.29 is 9.53 Å². The van der Waals surface area contributed by atoms with E-state index in [1.165, 1.54) is 0 Å². The summed E-state index contributed by atoms with van der Waals surface area (Å²) in [7, 11) is 0. The Labute approximate surface area is 142 Å². The summed E-state index contributed by atoms with van der Waals surface area (Å²) in [5.74, 6) is 0.0150. The van der Waals surface area contributed by atoms with Crippen molar-refractivity contribution in [3.05, 3.63) is 95.6 Å². The molecule has 120 valence electrons. The zero-order valence-electron chi connectivity index (χ0n) is 13.7. The number of Topliss-reactive ketones (excluding diaryl/α,β-unsaturated/α-hetero) is 1. The first-order valence-electron chi connectivity index (χ1n) is 8.05. The number of ketones is 1. The number of rotatable bonds is 6. The van der Waals surface area contributed by atoms with Crippen molar-refractivity contribution in [2.75, 3.05) is 6.61 Å². The number of hydrogen-bond acceptors (Lipinski definition) is 2. The second-order valence-electron chi connectivity index (χ2n) is 5.75. The van der Waals surface area contributed by atoms with Gasteiger partial charge in [0.25, 0.3) is 0 Å². The Kier molecular flexibility index (Phi) is 5.19. The van der Waals surface area contributed by atoms with Gasteiger partial charge in [0.1, 0.15) is 6.61 Å². The molecule has 0 saturated heterocycles. The maximum Gasteiger partial charge on any atom is 0.188 e. The van der Waals surface area contributed by atoms with E-state index in [2.05, 4.69) is 12.1 Å². The second kappa shape index (κ2) is 7.71. The summed E-state index contributed by atoms with van der Waals surface area (Å²) in [6.07, 6.45) is 0. The van der Waals surface area contributed by atoms with Gasteiger partial charge in [-0.05, 0) is 29.2 Å². The lowest BCUT2D eigenvalue weighted by molar-refractivity contribution is 0.0726. The lowest BCUT2D eigenvalue weighted by atomic mass is 9.95. The predicted octanol–water partition coefficient (Wildman–Crippen LogP) is 5.06. The van der Waals surface area contributed by atoms with Crippen LogP contribution >= 0.6 is 0 Å². The quantitative estimate of drug-likeness (QED) is 0.594. The third-order valence-electron chi connectivity index (χ3n) is 4.06. The van der Waals surface area contributed by atoms with Crippen molar-refractivity contribution in [1.29, 1.82) is 0 Å². The Morgan fingerprint density at radius 2 is 1.50 bits per heavy atom. The molecule has 0 radical (unpaired) electrons. The molecule has 3 aromatic carbocycles. The second-order valence-corrected chi connectivity index (χ2v) is 5.75. The zero-order chi connectivity index (χ0) is 16.8. The van der Waals surface area contributed by atoms with Crippen LogP contribution in [-0.2, 0) is 11.3 Å². The number of carbonyl (C=O) groups is 1. The number of hydrogen-bond donors (Lipinski definition) is 0. The Morgan fingerprint density at radius 1 is 0.833 bits per heavy atom. The topological polar surface area (TPSA) is 26.3 Å². The molecule has 0 N–H and O–H groups in total. The first-order valence-corrected chi connectivity index (χ1v) is 8.05. The monoisotopic (exact) mass is 316 g/mol. The Hall–Kier alpha value is -2.71. The van der Waals surface area contributed by atoms with E-state index in [-0.39, 0.29) is 12.4 Å². The standard InChI is InChI=1S/C22H20O2/c1-17-20(19-11-6-3-7-12-19)13-8-14-21(17)22(23)16-24-15-18-9-4-2-5-10-18/h2-14H,15-16H2,1H3. The lowest BCUT2D eigenvalue weighted by Gasteiger charge is -2.11. The Bertz CT molecular complexity index is 808. The van der Waals surface area contributed by atoms with Gasteiger partial charge in [0.15, 0.2) is 5.78 Å². The highest BCUT2D eigenvalue weighted by Crippen LogP contribution is 2.25. The van der Waals surface area contributed by atoms with Crippen LogP contribution < -0.4 is 0 Å². The highest BCUT2D eigenvalue weighted by molar-refractivity contribution is 6.00. The molecule has 24 heavy (non-hydrogen) atoms. The van der Waals surface area contributed by atoms with Gasteiger partial charge in [0.05, 0.1) is 6.61 Å². The maximum absolute atomic E-state index is 12.5. The van der Waals surface area contributed by atoms with Crippen molar-refractivity contribution >= 4 is 5.78 Å². The summed E-state index contributed by atoms with van der Waals surface area (Å²) in [6, 6.07) is 25.9. The molecule has 0 atom stereocenters. The van der Waals surface area contributed by atoms with Gasteiger partial charge in [-0.25, -0.2) is 0 Å². The van der Waals surface area contributed by atoms with E-state index in [9.17, 15) is 4.79 Å². The third kappa shape index (κ3) is 3.79. The van der Waals surface area contributed by atoms with Crippen molar-refractivity contribution in [3.8, 4) is 11.1 Å². The zero-order valence-corrected chi connectivity index (χ0v) is 13.7. The van der Waals surface area contributed by atoms with Gasteiger partial charge in [-0.2, -0.15) is 0 Å². The minimum absolute atomic E-state index is 0.0150. The van der Waals surface area contributed by atoms with Gasteiger partial charge >= 0.3 is 0 Å². The van der Waals surface area contributed by atoms with Gasteiger partial charge in [-0.1, -0.05) is 78.9 Å². The van der Waals surface area contributed by atoms with Crippen LogP contribution in [0.4, 0.5) is 0 Å². The molecule has 2 heteroatoms. The minimum Gasteiger partial charge on any atom is -0.369 e. The molecule has 0 aliphatic rings. The molecule has 2 nitrogen and oxygen atoms in total. The highest BCUT2D eigenvalue weighted by Gasteiger charge is 2.12. The summed E-state index contributed by atoms with van der Waals surface area (Å²) < 4.78 is 5.59. The van der Waals surface area contributed by atoms with Crippen molar-refractivity contribution in [2.24, 2.45) is 0 Å². The van der Waals surface area contributed by atoms with E-state index in [0.717, 1.165) is 27.8 Å². The fourth-order valence-corrected chi connectivity index (χ4v) is 2.78. The Balaban J connectivity index is 1.71. The van der Waals surface area contributed by atoms with E-state index in [0.29, 0.717) is 6.61 Å². The predicted molar refractivity (Wildman–Crippen MR) is 97.0 cm³/mol. The fraction of sp³-hybridized carbons (Fsp3) is 0.136. The number of benzene rings is 3. The smallest absolute Gasteiger partial charge is 0.188 e. The van der Waals surface area contributed by atoms with Gasteiger partial charge in [-0.3, -0.25) is 4.79 Å². The van der Waals surface area contributed by atoms with E-state index in [1.54, 1.807) is 0 Å². The number of ether oxygens (including phenoxy) is 1. The van der Waals surface area contributed by atoms with E-state index < -0.39 is 0 Å². The Morgan fingerprint density at radius 3 is 2.21 bits per heavy atom. The van der Waals surface area contributed by atoms with Crippen molar-refractivity contribution in [2.45, 2.75) is 13.5 Å². The minimum atomic E-state index is 0.0150. The van der Waals surface area contributed by atoms with Crippen LogP contribution in [0.25, 0.3) is 11.1 Å². The molecule has 0 heterocycles. The molecule has 3 aromatic rings. The van der Waals surface area contributed by atoms with E-state index >= 15 is 0 Å². The number of carbonyl (C=O) groups excluding carboxylic acids is 1. The van der Waals surface area contributed by atoms with Crippen LogP contribution in [0.3, 0.4) is 0 Å². The molecule has 0 fully saturated rings. The van der Waals surface area contributed by atoms with Crippen LogP contribution in [0.2, 0.25) is 0 Å². The van der Waals surface area contributed by atoms with Crippen LogP contribution in [0.5, 0.6) is 0 Å². The lowest BCUT2D eigenvalue weighted by Crippen LogP contribution is -2.11. The summed E-state index contributed by atoms with van der Waals surface area (Å²) in [6.45, 7) is 2.53. The van der Waals surface area contributed by atoms with E-state index in [4.69, 9.17) is 4.74 Å². The summed E-state index contributed by atoms with van der Waals surface area (Å²) in [5, 5.41) is 0. The van der Waals surface area contributed by atoms with Gasteiger partial charge in [0.2, 0.25) is 0 Å². The summed E-state index contributed by atoms with van der Waals surface area (Å²) in [4.78, 5) is 12.5. The summed E-state index contributed by atoms with van der Waals surface area (Å²) in [5.41, 5.74) is 5.00. The van der Waals surface area contributed by atoms with Gasteiger partial charge in [-0.15, -0.1) is 0 Å². The van der Waals surface area contributed by atoms with Gasteiger partial charge in [0, 0.05) is 5.56 Å². The summed E-state index contributed by atoms with van der Waals surface area (Å²) >= 11 is 0. The SMILES string of the molecule is Cc1c(C(=O)COCc2ccccc2)cccc1-c1ccccc1. The molecule has 0 aliphatic heterocycles. The molecule has 0 amide bonds. The molecule has 0 unspecified atom stereocenters. The van der Waals surface area contributed by atoms with Crippen LogP contribution in [0, 0.1) is 6.92 Å². The average molecular weight is 316 g/mol.